The minimum Gasteiger partial charge on any atom is -0.396 e. The van der Waals surface area contributed by atoms with E-state index in [0.29, 0.717) is 11.8 Å². The van der Waals surface area contributed by atoms with Gasteiger partial charge in [-0.3, -0.25) is 0 Å². The topological polar surface area (TPSA) is 20.2 Å². The van der Waals surface area contributed by atoms with Crippen LogP contribution in [0.3, 0.4) is 0 Å². The van der Waals surface area contributed by atoms with Crippen LogP contribution in [0.1, 0.15) is 26.2 Å². The van der Waals surface area contributed by atoms with E-state index in [2.05, 4.69) is 25.7 Å². The Kier molecular flexibility index (Phi) is 4.23. The first-order valence-corrected chi connectivity index (χ1v) is 5.19. The molecule has 0 aliphatic heterocycles. The molecule has 0 bridgehead atoms. The Morgan fingerprint density at radius 3 is 2.77 bits per heavy atom. The fraction of sp³-hybridized carbons (Fsp3) is 0.667. The van der Waals surface area contributed by atoms with E-state index in [1.807, 2.05) is 6.08 Å². The molecule has 0 heterocycles. The monoisotopic (exact) mass is 180 g/mol. The Morgan fingerprint density at radius 1 is 1.54 bits per heavy atom. The van der Waals surface area contributed by atoms with E-state index in [1.165, 1.54) is 12.8 Å². The van der Waals surface area contributed by atoms with Gasteiger partial charge in [-0.05, 0) is 37.0 Å². The fourth-order valence-electron chi connectivity index (χ4n) is 1.99. The predicted molar refractivity (Wildman–Crippen MR) is 56.4 cm³/mol. The molecule has 0 saturated carbocycles. The molecule has 13 heavy (non-hydrogen) atoms. The van der Waals surface area contributed by atoms with Gasteiger partial charge in [-0.2, -0.15) is 0 Å². The van der Waals surface area contributed by atoms with E-state index < -0.39 is 0 Å². The average molecular weight is 180 g/mol. The van der Waals surface area contributed by atoms with Crippen molar-refractivity contribution in [3.63, 3.8) is 0 Å². The molecule has 0 aromatic rings. The zero-order chi connectivity index (χ0) is 9.68. The van der Waals surface area contributed by atoms with Crippen molar-refractivity contribution in [2.24, 2.45) is 17.8 Å². The second-order valence-corrected chi connectivity index (χ2v) is 4.02. The van der Waals surface area contributed by atoms with E-state index in [0.717, 1.165) is 12.3 Å². The van der Waals surface area contributed by atoms with Crippen LogP contribution in [0, 0.1) is 17.8 Å². The van der Waals surface area contributed by atoms with E-state index in [-0.39, 0.29) is 6.61 Å². The summed E-state index contributed by atoms with van der Waals surface area (Å²) in [5.41, 5.74) is 0. The Hall–Kier alpha value is -0.560. The van der Waals surface area contributed by atoms with Crippen molar-refractivity contribution in [3.05, 3.63) is 24.8 Å². The molecular weight excluding hydrogens is 160 g/mol. The summed E-state index contributed by atoms with van der Waals surface area (Å²) in [6.07, 6.45) is 9.96. The summed E-state index contributed by atoms with van der Waals surface area (Å²) < 4.78 is 0. The van der Waals surface area contributed by atoms with Gasteiger partial charge in [-0.15, -0.1) is 6.58 Å². The van der Waals surface area contributed by atoms with Crippen molar-refractivity contribution in [3.8, 4) is 0 Å². The fourth-order valence-corrected chi connectivity index (χ4v) is 1.99. The first-order chi connectivity index (χ1) is 6.27. The highest BCUT2D eigenvalue weighted by Gasteiger charge is 2.19. The quantitative estimate of drug-likeness (QED) is 0.660. The largest absolute Gasteiger partial charge is 0.396 e. The van der Waals surface area contributed by atoms with Crippen LogP contribution in [-0.2, 0) is 0 Å². The van der Waals surface area contributed by atoms with Crippen LogP contribution in [-0.4, -0.2) is 11.7 Å². The zero-order valence-corrected chi connectivity index (χ0v) is 8.45. The number of rotatable bonds is 4. The minimum atomic E-state index is 0.274. The molecule has 0 amide bonds. The standard InChI is InChI=1S/C12H20O/c1-3-11(8-9-13)12-6-4-10(2)5-7-12/h3-4,6,10-13H,1,5,7-9H2,2H3. The molecule has 0 aromatic heterocycles. The minimum absolute atomic E-state index is 0.274. The lowest BCUT2D eigenvalue weighted by Crippen LogP contribution is -2.16. The summed E-state index contributed by atoms with van der Waals surface area (Å²) in [7, 11) is 0. The van der Waals surface area contributed by atoms with Gasteiger partial charge < -0.3 is 5.11 Å². The summed E-state index contributed by atoms with van der Waals surface area (Å²) in [6, 6.07) is 0. The van der Waals surface area contributed by atoms with Gasteiger partial charge >= 0.3 is 0 Å². The second kappa shape index (κ2) is 5.23. The first kappa shape index (κ1) is 10.5. The van der Waals surface area contributed by atoms with Crippen molar-refractivity contribution >= 4 is 0 Å². The molecule has 1 aliphatic carbocycles. The molecule has 1 nitrogen and oxygen atoms in total. The van der Waals surface area contributed by atoms with Crippen molar-refractivity contribution in [1.82, 2.24) is 0 Å². The molecule has 3 atom stereocenters. The molecule has 1 N–H and O–H groups in total. The van der Waals surface area contributed by atoms with Crippen LogP contribution in [0.15, 0.2) is 24.8 Å². The van der Waals surface area contributed by atoms with Crippen molar-refractivity contribution in [2.45, 2.75) is 26.2 Å². The van der Waals surface area contributed by atoms with E-state index in [4.69, 9.17) is 5.11 Å². The van der Waals surface area contributed by atoms with Gasteiger partial charge in [-0.1, -0.05) is 25.2 Å². The predicted octanol–water partition coefficient (Wildman–Crippen LogP) is 2.77. The molecule has 1 aliphatic rings. The summed E-state index contributed by atoms with van der Waals surface area (Å²) in [6.45, 7) is 6.35. The van der Waals surface area contributed by atoms with Crippen LogP contribution < -0.4 is 0 Å². The zero-order valence-electron chi connectivity index (χ0n) is 8.45. The van der Waals surface area contributed by atoms with Gasteiger partial charge in [-0.25, -0.2) is 0 Å². The average Bonchev–Trinajstić information content (AvgIpc) is 2.16. The highest BCUT2D eigenvalue weighted by atomic mass is 16.3. The summed E-state index contributed by atoms with van der Waals surface area (Å²) >= 11 is 0. The SMILES string of the molecule is C=CC(CCO)C1C=CC(C)CC1. The van der Waals surface area contributed by atoms with Gasteiger partial charge in [0.2, 0.25) is 0 Å². The van der Waals surface area contributed by atoms with E-state index in [9.17, 15) is 0 Å². The molecule has 0 spiro atoms. The number of aliphatic hydroxyl groups excluding tert-OH is 1. The third-order valence-corrected chi connectivity index (χ3v) is 2.96. The molecule has 0 aromatic carbocycles. The lowest BCUT2D eigenvalue weighted by atomic mass is 9.80. The molecule has 1 rings (SSSR count). The summed E-state index contributed by atoms with van der Waals surface area (Å²) in [5, 5.41) is 8.88. The summed E-state index contributed by atoms with van der Waals surface area (Å²) in [4.78, 5) is 0. The van der Waals surface area contributed by atoms with Crippen LogP contribution in [0.25, 0.3) is 0 Å². The molecular formula is C12H20O. The first-order valence-electron chi connectivity index (χ1n) is 5.19. The Labute approximate surface area is 81.2 Å². The molecule has 0 fully saturated rings. The molecule has 0 radical (unpaired) electrons. The third kappa shape index (κ3) is 3.00. The maximum atomic E-state index is 8.88. The van der Waals surface area contributed by atoms with Crippen molar-refractivity contribution in [2.75, 3.05) is 6.61 Å². The molecule has 0 saturated heterocycles. The molecule has 1 heteroatoms. The Balaban J connectivity index is 2.49. The van der Waals surface area contributed by atoms with Gasteiger partial charge in [0.25, 0.3) is 0 Å². The lowest BCUT2D eigenvalue weighted by Gasteiger charge is -2.25. The van der Waals surface area contributed by atoms with E-state index in [1.54, 1.807) is 0 Å². The highest BCUT2D eigenvalue weighted by molar-refractivity contribution is 5.02. The van der Waals surface area contributed by atoms with Crippen molar-refractivity contribution < 1.29 is 5.11 Å². The van der Waals surface area contributed by atoms with Crippen LogP contribution in [0.2, 0.25) is 0 Å². The number of aliphatic hydroxyl groups is 1. The Morgan fingerprint density at radius 2 is 2.31 bits per heavy atom. The van der Waals surface area contributed by atoms with Crippen LogP contribution in [0.5, 0.6) is 0 Å². The van der Waals surface area contributed by atoms with Crippen LogP contribution in [0.4, 0.5) is 0 Å². The Bertz CT molecular complexity index is 184. The number of hydrogen-bond acceptors (Lipinski definition) is 1. The highest BCUT2D eigenvalue weighted by Crippen LogP contribution is 2.29. The second-order valence-electron chi connectivity index (χ2n) is 4.02. The van der Waals surface area contributed by atoms with Crippen molar-refractivity contribution in [1.29, 1.82) is 0 Å². The van der Waals surface area contributed by atoms with Gasteiger partial charge in [0.15, 0.2) is 0 Å². The smallest absolute Gasteiger partial charge is 0.0436 e. The molecule has 3 unspecified atom stereocenters. The number of allylic oxidation sites excluding steroid dienone is 3. The third-order valence-electron chi connectivity index (χ3n) is 2.96. The summed E-state index contributed by atoms with van der Waals surface area (Å²) in [5.74, 6) is 1.81. The maximum absolute atomic E-state index is 8.88. The van der Waals surface area contributed by atoms with Gasteiger partial charge in [0.05, 0.1) is 0 Å². The van der Waals surface area contributed by atoms with Crippen LogP contribution >= 0.6 is 0 Å². The maximum Gasteiger partial charge on any atom is 0.0436 e. The van der Waals surface area contributed by atoms with Gasteiger partial charge in [0.1, 0.15) is 0 Å². The molecule has 74 valence electrons. The normalized spacial score (nSPS) is 30.0. The van der Waals surface area contributed by atoms with Gasteiger partial charge in [0, 0.05) is 6.61 Å². The number of hydrogen-bond donors (Lipinski definition) is 1. The van der Waals surface area contributed by atoms with E-state index >= 15 is 0 Å². The lowest BCUT2D eigenvalue weighted by molar-refractivity contribution is 0.247.